The number of aryl methyl sites for hydroxylation is 1. The summed E-state index contributed by atoms with van der Waals surface area (Å²) in [5.74, 6) is -3.29. The van der Waals surface area contributed by atoms with Crippen LogP contribution in [0.3, 0.4) is 0 Å². The summed E-state index contributed by atoms with van der Waals surface area (Å²) in [5.41, 5.74) is 0.183. The first-order valence-corrected chi connectivity index (χ1v) is 7.57. The molecule has 0 aromatic heterocycles. The third-order valence-corrected chi connectivity index (χ3v) is 3.97. The summed E-state index contributed by atoms with van der Waals surface area (Å²) >= 11 is 0. The zero-order chi connectivity index (χ0) is 17.2. The van der Waals surface area contributed by atoms with Crippen LogP contribution in [-0.4, -0.2) is 33.9 Å². The van der Waals surface area contributed by atoms with Crippen molar-refractivity contribution in [1.29, 1.82) is 0 Å². The second-order valence-corrected chi connectivity index (χ2v) is 5.75. The summed E-state index contributed by atoms with van der Waals surface area (Å²) < 4.78 is 10.9. The Bertz CT molecular complexity index is 722. The van der Waals surface area contributed by atoms with E-state index in [0.29, 0.717) is 24.2 Å². The second kappa shape index (κ2) is 6.24. The summed E-state index contributed by atoms with van der Waals surface area (Å²) in [6.07, 6.45) is 0.935. The number of carbonyl (C=O) groups excluding carboxylic acids is 1. The van der Waals surface area contributed by atoms with Gasteiger partial charge in [0.1, 0.15) is 5.75 Å². The van der Waals surface area contributed by atoms with E-state index in [0.717, 1.165) is 5.56 Å². The van der Waals surface area contributed by atoms with Crippen LogP contribution < -0.4 is 4.74 Å². The van der Waals surface area contributed by atoms with Crippen molar-refractivity contribution in [2.45, 2.75) is 24.4 Å². The zero-order valence-electron chi connectivity index (χ0n) is 12.9. The van der Waals surface area contributed by atoms with Gasteiger partial charge in [0.05, 0.1) is 0 Å². The van der Waals surface area contributed by atoms with Crippen molar-refractivity contribution in [3.05, 3.63) is 65.7 Å². The highest BCUT2D eigenvalue weighted by Gasteiger charge is 2.47. The van der Waals surface area contributed by atoms with Crippen LogP contribution in [0.5, 0.6) is 5.75 Å². The molecule has 1 heterocycles. The van der Waals surface area contributed by atoms with Gasteiger partial charge in [-0.15, -0.1) is 0 Å². The molecule has 1 aliphatic rings. The third-order valence-electron chi connectivity index (χ3n) is 3.97. The molecule has 3 N–H and O–H groups in total. The van der Waals surface area contributed by atoms with Gasteiger partial charge in [0, 0.05) is 12.0 Å². The SMILES string of the molecule is O=C(OCC(O)(O)O)C1(c2ccccc2)CCc2ccccc2O1. The highest BCUT2D eigenvalue weighted by atomic mass is 16.7. The van der Waals surface area contributed by atoms with Crippen LogP contribution in [0.15, 0.2) is 54.6 Å². The smallest absolute Gasteiger partial charge is 0.355 e. The molecule has 24 heavy (non-hydrogen) atoms. The molecule has 2 aromatic carbocycles. The van der Waals surface area contributed by atoms with E-state index < -0.39 is 24.2 Å². The molecule has 3 rings (SSSR count). The van der Waals surface area contributed by atoms with Gasteiger partial charge in [-0.3, -0.25) is 0 Å². The first kappa shape index (κ1) is 16.4. The largest absolute Gasteiger partial charge is 0.470 e. The molecular formula is C18H18O6. The molecule has 0 fully saturated rings. The number of esters is 1. The molecule has 1 atom stereocenters. The number of benzene rings is 2. The topological polar surface area (TPSA) is 96.2 Å². The number of fused-ring (bicyclic) bond motifs is 1. The molecule has 6 nitrogen and oxygen atoms in total. The van der Waals surface area contributed by atoms with Gasteiger partial charge >= 0.3 is 11.9 Å². The maximum absolute atomic E-state index is 12.7. The minimum atomic E-state index is -3.08. The van der Waals surface area contributed by atoms with E-state index in [2.05, 4.69) is 0 Å². The van der Waals surface area contributed by atoms with Crippen LogP contribution in [0.1, 0.15) is 17.5 Å². The molecule has 0 aliphatic carbocycles. The Morgan fingerprint density at radius 3 is 2.46 bits per heavy atom. The van der Waals surface area contributed by atoms with E-state index in [4.69, 9.17) is 24.8 Å². The lowest BCUT2D eigenvalue weighted by molar-refractivity contribution is -0.329. The average molecular weight is 330 g/mol. The minimum Gasteiger partial charge on any atom is -0.470 e. The number of carbonyl (C=O) groups is 1. The van der Waals surface area contributed by atoms with Crippen LogP contribution in [-0.2, 0) is 21.6 Å². The molecule has 6 heteroatoms. The van der Waals surface area contributed by atoms with Crippen LogP contribution in [0.2, 0.25) is 0 Å². The normalized spacial score (nSPS) is 20.0. The first-order chi connectivity index (χ1) is 11.4. The van der Waals surface area contributed by atoms with E-state index in [1.165, 1.54) is 0 Å². The molecule has 0 saturated carbocycles. The summed E-state index contributed by atoms with van der Waals surface area (Å²) in [4.78, 5) is 12.7. The van der Waals surface area contributed by atoms with Crippen LogP contribution in [0, 0.1) is 0 Å². The summed E-state index contributed by atoms with van der Waals surface area (Å²) in [6, 6.07) is 16.3. The fourth-order valence-electron chi connectivity index (χ4n) is 2.81. The van der Waals surface area contributed by atoms with Crippen LogP contribution in [0.25, 0.3) is 0 Å². The Hall–Kier alpha value is -2.41. The van der Waals surface area contributed by atoms with E-state index >= 15 is 0 Å². The number of ether oxygens (including phenoxy) is 2. The maximum Gasteiger partial charge on any atom is 0.355 e. The standard InChI is InChI=1S/C18H18O6/c19-16(23-12-18(20,21)22)17(14-7-2-1-3-8-14)11-10-13-6-4-5-9-15(13)24-17/h1-9,20-22H,10-12H2. The van der Waals surface area contributed by atoms with Crippen molar-refractivity contribution in [2.24, 2.45) is 0 Å². The highest BCUT2D eigenvalue weighted by molar-refractivity contribution is 5.82. The molecule has 0 amide bonds. The number of hydrogen-bond acceptors (Lipinski definition) is 6. The van der Waals surface area contributed by atoms with Crippen molar-refractivity contribution in [1.82, 2.24) is 0 Å². The van der Waals surface area contributed by atoms with Gasteiger partial charge in [0.15, 0.2) is 6.61 Å². The Labute approximate surface area is 138 Å². The lowest BCUT2D eigenvalue weighted by atomic mass is 9.85. The van der Waals surface area contributed by atoms with E-state index in [1.54, 1.807) is 30.3 Å². The number of para-hydroxylation sites is 1. The maximum atomic E-state index is 12.7. The van der Waals surface area contributed by atoms with Gasteiger partial charge in [-0.05, 0) is 18.1 Å². The highest BCUT2D eigenvalue weighted by Crippen LogP contribution is 2.40. The zero-order valence-corrected chi connectivity index (χ0v) is 12.9. The lowest BCUT2D eigenvalue weighted by Crippen LogP contribution is -2.47. The van der Waals surface area contributed by atoms with Gasteiger partial charge in [-0.25, -0.2) is 4.79 Å². The lowest BCUT2D eigenvalue weighted by Gasteiger charge is -2.37. The van der Waals surface area contributed by atoms with Crippen molar-refractivity contribution < 1.29 is 29.6 Å². The Kier molecular flexibility index (Phi) is 4.28. The molecule has 0 bridgehead atoms. The number of aliphatic hydroxyl groups is 3. The minimum absolute atomic E-state index is 0.335. The van der Waals surface area contributed by atoms with Crippen molar-refractivity contribution in [2.75, 3.05) is 6.61 Å². The van der Waals surface area contributed by atoms with Gasteiger partial charge in [0.2, 0.25) is 5.60 Å². The Balaban J connectivity index is 1.96. The van der Waals surface area contributed by atoms with Gasteiger partial charge in [-0.1, -0.05) is 48.5 Å². The molecule has 1 unspecified atom stereocenters. The Morgan fingerprint density at radius 1 is 1.08 bits per heavy atom. The molecule has 1 aliphatic heterocycles. The molecule has 126 valence electrons. The monoisotopic (exact) mass is 330 g/mol. The predicted molar refractivity (Wildman–Crippen MR) is 83.9 cm³/mol. The van der Waals surface area contributed by atoms with Gasteiger partial charge in [-0.2, -0.15) is 0 Å². The van der Waals surface area contributed by atoms with Crippen LogP contribution in [0.4, 0.5) is 0 Å². The molecule has 2 aromatic rings. The quantitative estimate of drug-likeness (QED) is 0.573. The number of rotatable bonds is 4. The Morgan fingerprint density at radius 2 is 1.75 bits per heavy atom. The predicted octanol–water partition coefficient (Wildman–Crippen LogP) is 1.08. The number of hydrogen-bond donors (Lipinski definition) is 3. The van der Waals surface area contributed by atoms with Crippen LogP contribution >= 0.6 is 0 Å². The van der Waals surface area contributed by atoms with Crippen molar-refractivity contribution in [3.63, 3.8) is 0 Å². The van der Waals surface area contributed by atoms with E-state index in [-0.39, 0.29) is 0 Å². The first-order valence-electron chi connectivity index (χ1n) is 7.57. The third kappa shape index (κ3) is 3.26. The molecular weight excluding hydrogens is 312 g/mol. The molecule has 0 spiro atoms. The fourth-order valence-corrected chi connectivity index (χ4v) is 2.81. The summed E-state index contributed by atoms with van der Waals surface area (Å²) in [7, 11) is 0. The fraction of sp³-hybridized carbons (Fsp3) is 0.278. The summed E-state index contributed by atoms with van der Waals surface area (Å²) in [6.45, 7) is -0.967. The summed E-state index contributed by atoms with van der Waals surface area (Å²) in [5, 5.41) is 26.9. The van der Waals surface area contributed by atoms with E-state index in [9.17, 15) is 4.79 Å². The molecule has 0 saturated heterocycles. The second-order valence-electron chi connectivity index (χ2n) is 5.75. The molecule has 0 radical (unpaired) electrons. The van der Waals surface area contributed by atoms with Crippen molar-refractivity contribution in [3.8, 4) is 5.75 Å². The van der Waals surface area contributed by atoms with Crippen molar-refractivity contribution >= 4 is 5.97 Å². The average Bonchev–Trinajstić information content (AvgIpc) is 2.59. The van der Waals surface area contributed by atoms with Gasteiger partial charge in [0.25, 0.3) is 0 Å². The van der Waals surface area contributed by atoms with Gasteiger partial charge < -0.3 is 24.8 Å². The van der Waals surface area contributed by atoms with E-state index in [1.807, 2.05) is 24.3 Å².